The highest BCUT2D eigenvalue weighted by Gasteiger charge is 2.07. The van der Waals surface area contributed by atoms with Crippen LogP contribution in [-0.2, 0) is 0 Å². The number of nitrogens with one attached hydrogen (secondary N) is 3. The maximum Gasteiger partial charge on any atom is 0.171 e. The molecular formula is C17H21ClN3S2+. The van der Waals surface area contributed by atoms with Crippen molar-refractivity contribution < 1.29 is 4.90 Å². The van der Waals surface area contributed by atoms with Crippen LogP contribution in [0.25, 0.3) is 0 Å². The lowest BCUT2D eigenvalue weighted by molar-refractivity contribution is -0.856. The zero-order valence-corrected chi connectivity index (χ0v) is 15.6. The summed E-state index contributed by atoms with van der Waals surface area (Å²) in [5, 5.41) is 7.77. The number of anilines is 1. The number of thiocarbonyl (C=S) groups is 1. The lowest BCUT2D eigenvalue weighted by Crippen LogP contribution is -3.06. The number of benzene rings is 2. The van der Waals surface area contributed by atoms with Crippen LogP contribution in [0.1, 0.15) is 0 Å². The van der Waals surface area contributed by atoms with E-state index in [2.05, 4.69) is 36.9 Å². The Morgan fingerprint density at radius 3 is 2.61 bits per heavy atom. The summed E-state index contributed by atoms with van der Waals surface area (Å²) in [5.41, 5.74) is 0.918. The van der Waals surface area contributed by atoms with Gasteiger partial charge in [-0.15, -0.1) is 0 Å². The van der Waals surface area contributed by atoms with E-state index in [9.17, 15) is 0 Å². The first-order valence-electron chi connectivity index (χ1n) is 7.41. The van der Waals surface area contributed by atoms with Gasteiger partial charge < -0.3 is 15.5 Å². The zero-order chi connectivity index (χ0) is 16.7. The summed E-state index contributed by atoms with van der Waals surface area (Å²) in [7, 11) is 4.23. The number of likely N-dealkylation sites (N-methyl/N-ethyl adjacent to an activating group) is 1. The minimum atomic E-state index is 0.614. The largest absolute Gasteiger partial charge is 0.357 e. The molecule has 6 heteroatoms. The van der Waals surface area contributed by atoms with Crippen molar-refractivity contribution in [2.24, 2.45) is 0 Å². The first-order chi connectivity index (χ1) is 11.0. The summed E-state index contributed by atoms with van der Waals surface area (Å²) in [4.78, 5) is 3.64. The molecule has 23 heavy (non-hydrogen) atoms. The first-order valence-corrected chi connectivity index (χ1v) is 9.01. The van der Waals surface area contributed by atoms with E-state index in [-0.39, 0.29) is 0 Å². The Morgan fingerprint density at radius 1 is 1.17 bits per heavy atom. The molecule has 0 saturated heterocycles. The van der Waals surface area contributed by atoms with Crippen molar-refractivity contribution in [3.63, 3.8) is 0 Å². The van der Waals surface area contributed by atoms with Gasteiger partial charge in [0.2, 0.25) is 0 Å². The molecule has 3 nitrogen and oxygen atoms in total. The van der Waals surface area contributed by atoms with Crippen LogP contribution >= 0.6 is 35.6 Å². The number of quaternary nitrogens is 1. The predicted molar refractivity (Wildman–Crippen MR) is 104 cm³/mol. The van der Waals surface area contributed by atoms with Crippen molar-refractivity contribution in [1.82, 2.24) is 5.32 Å². The summed E-state index contributed by atoms with van der Waals surface area (Å²) in [6.07, 6.45) is 0. The van der Waals surface area contributed by atoms with Crippen LogP contribution in [0.15, 0.2) is 58.3 Å². The fraction of sp³-hybridized carbons (Fsp3) is 0.235. The second kappa shape index (κ2) is 9.13. The van der Waals surface area contributed by atoms with Crippen LogP contribution in [0.3, 0.4) is 0 Å². The molecule has 0 radical (unpaired) electrons. The lowest BCUT2D eigenvalue weighted by atomic mass is 10.3. The molecule has 2 aromatic rings. The van der Waals surface area contributed by atoms with Gasteiger partial charge in [-0.25, -0.2) is 0 Å². The molecule has 3 N–H and O–H groups in total. The average Bonchev–Trinajstić information content (AvgIpc) is 2.50. The van der Waals surface area contributed by atoms with Gasteiger partial charge in [0.15, 0.2) is 5.11 Å². The summed E-state index contributed by atoms with van der Waals surface area (Å²) in [5.74, 6) is 0. The number of hydrogen-bond donors (Lipinski definition) is 3. The van der Waals surface area contributed by atoms with E-state index in [1.54, 1.807) is 11.8 Å². The van der Waals surface area contributed by atoms with Crippen molar-refractivity contribution in [3.8, 4) is 0 Å². The van der Waals surface area contributed by atoms with Gasteiger partial charge in [-0.3, -0.25) is 0 Å². The van der Waals surface area contributed by atoms with Crippen LogP contribution in [0.2, 0.25) is 5.02 Å². The monoisotopic (exact) mass is 366 g/mol. The molecule has 2 rings (SSSR count). The molecule has 0 bridgehead atoms. The van der Waals surface area contributed by atoms with Crippen molar-refractivity contribution in [2.75, 3.05) is 32.5 Å². The zero-order valence-electron chi connectivity index (χ0n) is 13.2. The molecule has 0 aliphatic heterocycles. The highest BCUT2D eigenvalue weighted by atomic mass is 35.5. The molecule has 0 amide bonds. The molecule has 0 aromatic heterocycles. The van der Waals surface area contributed by atoms with Crippen molar-refractivity contribution >= 4 is 46.4 Å². The second-order valence-electron chi connectivity index (χ2n) is 5.39. The fourth-order valence-electron chi connectivity index (χ4n) is 1.90. The lowest BCUT2D eigenvalue weighted by Gasteiger charge is -2.15. The predicted octanol–water partition coefficient (Wildman–Crippen LogP) is 2.92. The normalized spacial score (nSPS) is 10.6. The molecule has 0 aliphatic carbocycles. The molecule has 0 heterocycles. The molecule has 0 unspecified atom stereocenters. The van der Waals surface area contributed by atoms with Gasteiger partial charge in [0, 0.05) is 14.8 Å². The maximum atomic E-state index is 6.13. The van der Waals surface area contributed by atoms with E-state index in [1.165, 1.54) is 9.80 Å². The number of rotatable bonds is 6. The summed E-state index contributed by atoms with van der Waals surface area (Å²) >= 11 is 13.2. The molecule has 0 fully saturated rings. The quantitative estimate of drug-likeness (QED) is 0.685. The Kier molecular flexibility index (Phi) is 7.17. The third kappa shape index (κ3) is 6.39. The van der Waals surface area contributed by atoms with Crippen molar-refractivity contribution in [3.05, 3.63) is 53.6 Å². The van der Waals surface area contributed by atoms with Crippen LogP contribution in [-0.4, -0.2) is 32.3 Å². The minimum Gasteiger partial charge on any atom is -0.357 e. The van der Waals surface area contributed by atoms with Gasteiger partial charge in [0.05, 0.1) is 32.9 Å². The standard InChI is InChI=1S/C17H20ClN3S2/c1-21(2)11-10-19-17(22)20-15-12-13(18)8-9-16(15)23-14-6-4-3-5-7-14/h3-9,12H,10-11H2,1-2H3,(H2,19,20,22)/p+1. The van der Waals surface area contributed by atoms with Gasteiger partial charge in [-0.05, 0) is 42.5 Å². The van der Waals surface area contributed by atoms with Crippen LogP contribution in [0.5, 0.6) is 0 Å². The van der Waals surface area contributed by atoms with E-state index in [0.717, 1.165) is 23.7 Å². The second-order valence-corrected chi connectivity index (χ2v) is 7.35. The molecule has 0 aliphatic rings. The van der Waals surface area contributed by atoms with Gasteiger partial charge in [-0.1, -0.05) is 41.6 Å². The van der Waals surface area contributed by atoms with E-state index in [0.29, 0.717) is 10.1 Å². The molecular weight excluding hydrogens is 346 g/mol. The van der Waals surface area contributed by atoms with Gasteiger partial charge in [0.1, 0.15) is 0 Å². The molecule has 122 valence electrons. The number of halogens is 1. The average molecular weight is 367 g/mol. The Bertz CT molecular complexity index is 648. The van der Waals surface area contributed by atoms with E-state index < -0.39 is 0 Å². The molecule has 0 atom stereocenters. The minimum absolute atomic E-state index is 0.614. The topological polar surface area (TPSA) is 28.5 Å². The first kappa shape index (κ1) is 18.1. The van der Waals surface area contributed by atoms with Crippen LogP contribution in [0.4, 0.5) is 5.69 Å². The maximum absolute atomic E-state index is 6.13. The van der Waals surface area contributed by atoms with Crippen molar-refractivity contribution in [1.29, 1.82) is 0 Å². The molecule has 0 spiro atoms. The van der Waals surface area contributed by atoms with Gasteiger partial charge in [-0.2, -0.15) is 0 Å². The Balaban J connectivity index is 2.05. The van der Waals surface area contributed by atoms with Crippen molar-refractivity contribution in [2.45, 2.75) is 9.79 Å². The third-order valence-corrected chi connectivity index (χ3v) is 4.64. The summed E-state index contributed by atoms with van der Waals surface area (Å²) < 4.78 is 0. The highest BCUT2D eigenvalue weighted by Crippen LogP contribution is 2.34. The van der Waals surface area contributed by atoms with Gasteiger partial charge >= 0.3 is 0 Å². The van der Waals surface area contributed by atoms with E-state index in [1.807, 2.05) is 36.4 Å². The Morgan fingerprint density at radius 2 is 1.91 bits per heavy atom. The van der Waals surface area contributed by atoms with Crippen LogP contribution < -0.4 is 15.5 Å². The fourth-order valence-corrected chi connectivity index (χ4v) is 3.18. The summed E-state index contributed by atoms with van der Waals surface area (Å²) in [6, 6.07) is 16.0. The molecule has 2 aromatic carbocycles. The SMILES string of the molecule is C[NH+](C)CCNC(=S)Nc1cc(Cl)ccc1Sc1ccccc1. The number of hydrogen-bond acceptors (Lipinski definition) is 2. The van der Waals surface area contributed by atoms with Gasteiger partial charge in [0.25, 0.3) is 0 Å². The smallest absolute Gasteiger partial charge is 0.171 e. The highest BCUT2D eigenvalue weighted by molar-refractivity contribution is 7.99. The Hall–Kier alpha value is -1.27. The van der Waals surface area contributed by atoms with E-state index in [4.69, 9.17) is 23.8 Å². The Labute approximate surface area is 152 Å². The third-order valence-electron chi connectivity index (χ3n) is 3.07. The van der Waals surface area contributed by atoms with Crippen LogP contribution in [0, 0.1) is 0 Å². The van der Waals surface area contributed by atoms with E-state index >= 15 is 0 Å². The summed E-state index contributed by atoms with van der Waals surface area (Å²) in [6.45, 7) is 1.83. The molecule has 0 saturated carbocycles.